The number of amides is 1. The van der Waals surface area contributed by atoms with Gasteiger partial charge in [-0.15, -0.1) is 15.3 Å². The average Bonchev–Trinajstić information content (AvgIpc) is 2.78. The highest BCUT2D eigenvalue weighted by Gasteiger charge is 2.37. The van der Waals surface area contributed by atoms with E-state index in [1.165, 1.54) is 12.1 Å². The van der Waals surface area contributed by atoms with Gasteiger partial charge in [-0.05, 0) is 31.4 Å². The van der Waals surface area contributed by atoms with Gasteiger partial charge in [0.2, 0.25) is 5.91 Å². The van der Waals surface area contributed by atoms with E-state index in [9.17, 15) is 18.0 Å². The molecule has 1 atom stereocenters. The Kier molecular flexibility index (Phi) is 3.59. The summed E-state index contributed by atoms with van der Waals surface area (Å²) in [4.78, 5) is 11.8. The highest BCUT2D eigenvalue weighted by Crippen LogP contribution is 2.27. The van der Waals surface area contributed by atoms with E-state index in [2.05, 4.69) is 25.9 Å². The third-order valence-electron chi connectivity index (χ3n) is 3.37. The minimum Gasteiger partial charge on any atom is -0.357 e. The van der Waals surface area contributed by atoms with Crippen LogP contribution in [-0.2, 0) is 11.0 Å². The smallest absolute Gasteiger partial charge is 0.357 e. The van der Waals surface area contributed by atoms with Crippen LogP contribution in [-0.4, -0.2) is 38.3 Å². The topological polar surface area (TPSA) is 84.2 Å². The molecule has 1 aliphatic rings. The SMILES string of the molecule is O=C1NCCCC[C@H]1Nc1ccc2nnc(C(F)(F)F)n2n1. The van der Waals surface area contributed by atoms with Gasteiger partial charge in [-0.3, -0.25) is 4.79 Å². The van der Waals surface area contributed by atoms with Crippen LogP contribution in [0, 0.1) is 0 Å². The van der Waals surface area contributed by atoms with Crippen LogP contribution in [0.15, 0.2) is 12.1 Å². The monoisotopic (exact) mass is 314 g/mol. The molecule has 2 aromatic rings. The molecule has 0 saturated carbocycles. The van der Waals surface area contributed by atoms with Crippen LogP contribution in [0.4, 0.5) is 19.0 Å². The molecule has 2 N–H and O–H groups in total. The van der Waals surface area contributed by atoms with Crippen LogP contribution in [0.1, 0.15) is 25.1 Å². The molecule has 0 radical (unpaired) electrons. The molecule has 10 heteroatoms. The summed E-state index contributed by atoms with van der Waals surface area (Å²) in [6.45, 7) is 0.604. The molecule has 1 amide bonds. The molecule has 3 rings (SSSR count). The summed E-state index contributed by atoms with van der Waals surface area (Å²) in [5, 5.41) is 16.0. The summed E-state index contributed by atoms with van der Waals surface area (Å²) in [5.41, 5.74) is -0.0109. The molecule has 1 aliphatic heterocycles. The molecule has 1 saturated heterocycles. The molecule has 0 aliphatic carbocycles. The van der Waals surface area contributed by atoms with E-state index in [-0.39, 0.29) is 17.4 Å². The molecule has 0 spiro atoms. The van der Waals surface area contributed by atoms with Crippen LogP contribution in [0.5, 0.6) is 0 Å². The van der Waals surface area contributed by atoms with Gasteiger partial charge >= 0.3 is 6.18 Å². The quantitative estimate of drug-likeness (QED) is 0.871. The zero-order valence-corrected chi connectivity index (χ0v) is 11.4. The van der Waals surface area contributed by atoms with Gasteiger partial charge in [0.1, 0.15) is 11.9 Å². The van der Waals surface area contributed by atoms with E-state index in [1.54, 1.807) is 0 Å². The van der Waals surface area contributed by atoms with Crippen LogP contribution in [0.2, 0.25) is 0 Å². The standard InChI is InChI=1S/C12H13F3N6O/c13-12(14,15)11-19-18-9-5-4-8(20-21(9)11)17-7-3-1-2-6-16-10(7)22/h4-5,7H,1-3,6H2,(H,16,22)(H,17,20)/t7-/m1/s1. The van der Waals surface area contributed by atoms with E-state index in [0.29, 0.717) is 17.5 Å². The Balaban J connectivity index is 1.89. The lowest BCUT2D eigenvalue weighted by atomic mass is 10.1. The summed E-state index contributed by atoms with van der Waals surface area (Å²) in [7, 11) is 0. The van der Waals surface area contributed by atoms with Crippen molar-refractivity contribution in [2.45, 2.75) is 31.5 Å². The van der Waals surface area contributed by atoms with Gasteiger partial charge in [-0.1, -0.05) is 0 Å². The van der Waals surface area contributed by atoms with Crippen molar-refractivity contribution in [3.63, 3.8) is 0 Å². The largest absolute Gasteiger partial charge is 0.453 e. The predicted octanol–water partition coefficient (Wildman–Crippen LogP) is 1.22. The summed E-state index contributed by atoms with van der Waals surface area (Å²) >= 11 is 0. The maximum atomic E-state index is 12.8. The van der Waals surface area contributed by atoms with Gasteiger partial charge in [0.25, 0.3) is 5.82 Å². The highest BCUT2D eigenvalue weighted by atomic mass is 19.4. The molecule has 118 valence electrons. The second-order valence-corrected chi connectivity index (χ2v) is 4.99. The Morgan fingerprint density at radius 3 is 2.86 bits per heavy atom. The average molecular weight is 314 g/mol. The number of hydrogen-bond acceptors (Lipinski definition) is 5. The number of anilines is 1. The fraction of sp³-hybridized carbons (Fsp3) is 0.500. The first-order valence-electron chi connectivity index (χ1n) is 6.79. The fourth-order valence-corrected chi connectivity index (χ4v) is 2.30. The highest BCUT2D eigenvalue weighted by molar-refractivity contribution is 5.84. The van der Waals surface area contributed by atoms with Crippen molar-refractivity contribution < 1.29 is 18.0 Å². The van der Waals surface area contributed by atoms with Gasteiger partial charge in [-0.2, -0.15) is 17.7 Å². The van der Waals surface area contributed by atoms with Crippen LogP contribution < -0.4 is 10.6 Å². The second kappa shape index (κ2) is 5.43. The van der Waals surface area contributed by atoms with E-state index < -0.39 is 18.0 Å². The fourth-order valence-electron chi connectivity index (χ4n) is 2.30. The Bertz CT molecular complexity index is 698. The lowest BCUT2D eigenvalue weighted by molar-refractivity contribution is -0.146. The Morgan fingerprint density at radius 1 is 1.27 bits per heavy atom. The maximum absolute atomic E-state index is 12.8. The van der Waals surface area contributed by atoms with Crippen molar-refractivity contribution in [2.24, 2.45) is 0 Å². The predicted molar refractivity (Wildman–Crippen MR) is 70.1 cm³/mol. The second-order valence-electron chi connectivity index (χ2n) is 4.99. The zero-order valence-electron chi connectivity index (χ0n) is 11.4. The number of aromatic nitrogens is 4. The van der Waals surface area contributed by atoms with Crippen molar-refractivity contribution in [3.8, 4) is 0 Å². The first-order valence-corrected chi connectivity index (χ1v) is 6.79. The van der Waals surface area contributed by atoms with E-state index >= 15 is 0 Å². The van der Waals surface area contributed by atoms with Gasteiger partial charge in [0.05, 0.1) is 0 Å². The van der Waals surface area contributed by atoms with E-state index in [0.717, 1.165) is 12.8 Å². The number of nitrogens with one attached hydrogen (secondary N) is 2. The summed E-state index contributed by atoms with van der Waals surface area (Å²) in [6, 6.07) is 2.33. The van der Waals surface area contributed by atoms with E-state index in [1.807, 2.05) is 0 Å². The molecule has 0 unspecified atom stereocenters. The van der Waals surface area contributed by atoms with Crippen LogP contribution >= 0.6 is 0 Å². The number of fused-ring (bicyclic) bond motifs is 1. The number of carbonyl (C=O) groups excluding carboxylic acids is 1. The first-order chi connectivity index (χ1) is 10.4. The minimum absolute atomic E-state index is 0.0109. The van der Waals surface area contributed by atoms with Crippen LogP contribution in [0.3, 0.4) is 0 Å². The molecule has 22 heavy (non-hydrogen) atoms. The molecule has 0 aromatic carbocycles. The van der Waals surface area contributed by atoms with Crippen molar-refractivity contribution in [3.05, 3.63) is 18.0 Å². The number of carbonyl (C=O) groups is 1. The molecular weight excluding hydrogens is 301 g/mol. The first kappa shape index (κ1) is 14.5. The summed E-state index contributed by atoms with van der Waals surface area (Å²) < 4.78 is 39.1. The molecule has 2 aromatic heterocycles. The Morgan fingerprint density at radius 2 is 2.09 bits per heavy atom. The number of rotatable bonds is 2. The summed E-state index contributed by atoms with van der Waals surface area (Å²) in [5.74, 6) is -1.21. The van der Waals surface area contributed by atoms with Crippen molar-refractivity contribution in [1.82, 2.24) is 25.1 Å². The normalized spacial score (nSPS) is 19.8. The van der Waals surface area contributed by atoms with Crippen molar-refractivity contribution >= 4 is 17.4 Å². The lowest BCUT2D eigenvalue weighted by Crippen LogP contribution is -2.38. The lowest BCUT2D eigenvalue weighted by Gasteiger charge is -2.15. The third-order valence-corrected chi connectivity index (χ3v) is 3.37. The number of hydrogen-bond donors (Lipinski definition) is 2. The van der Waals surface area contributed by atoms with Gasteiger partial charge in [0.15, 0.2) is 5.65 Å². The van der Waals surface area contributed by atoms with Crippen molar-refractivity contribution in [2.75, 3.05) is 11.9 Å². The third kappa shape index (κ3) is 2.81. The van der Waals surface area contributed by atoms with E-state index in [4.69, 9.17) is 0 Å². The van der Waals surface area contributed by atoms with Gasteiger partial charge in [0, 0.05) is 6.54 Å². The number of halogens is 3. The van der Waals surface area contributed by atoms with Gasteiger partial charge < -0.3 is 10.6 Å². The molecule has 3 heterocycles. The number of nitrogens with zero attached hydrogens (tertiary/aromatic N) is 4. The molecule has 0 bridgehead atoms. The van der Waals surface area contributed by atoms with Gasteiger partial charge in [-0.25, -0.2) is 0 Å². The zero-order chi connectivity index (χ0) is 15.7. The van der Waals surface area contributed by atoms with Crippen molar-refractivity contribution in [1.29, 1.82) is 0 Å². The maximum Gasteiger partial charge on any atom is 0.453 e. The van der Waals surface area contributed by atoms with Crippen LogP contribution in [0.25, 0.3) is 5.65 Å². The Labute approximate surface area is 122 Å². The Hall–Kier alpha value is -2.39. The summed E-state index contributed by atoms with van der Waals surface area (Å²) in [6.07, 6.45) is -2.33. The number of alkyl halides is 3. The minimum atomic E-state index is -4.65. The molecule has 1 fully saturated rings. The molecule has 7 nitrogen and oxygen atoms in total. The molecular formula is C12H13F3N6O.